The maximum Gasteiger partial charge on any atom is 0.256 e. The summed E-state index contributed by atoms with van der Waals surface area (Å²) in [5.41, 5.74) is 2.11. The van der Waals surface area contributed by atoms with Crippen molar-refractivity contribution in [1.82, 2.24) is 0 Å². The minimum atomic E-state index is -0.329. The molecule has 0 spiro atoms. The first-order valence-electron chi connectivity index (χ1n) is 5.40. The van der Waals surface area contributed by atoms with Gasteiger partial charge in [-0.2, -0.15) is 0 Å². The normalized spacial score (nSPS) is 10.2. The van der Waals surface area contributed by atoms with Crippen LogP contribution >= 0.6 is 15.9 Å². The zero-order chi connectivity index (χ0) is 13.1. The summed E-state index contributed by atoms with van der Waals surface area (Å²) in [7, 11) is 0. The SMILES string of the molecule is Cc1cccc(C(=O)Nc2ccc(F)cc2)c1Br. The highest BCUT2D eigenvalue weighted by atomic mass is 79.9. The molecule has 0 saturated carbocycles. The van der Waals surface area contributed by atoms with E-state index in [9.17, 15) is 9.18 Å². The molecule has 4 heteroatoms. The summed E-state index contributed by atoms with van der Waals surface area (Å²) < 4.78 is 13.5. The third-order valence-corrected chi connectivity index (χ3v) is 3.59. The molecule has 0 aliphatic rings. The molecule has 1 N–H and O–H groups in total. The number of aryl methyl sites for hydroxylation is 1. The van der Waals surface area contributed by atoms with E-state index in [0.717, 1.165) is 10.0 Å². The Morgan fingerprint density at radius 2 is 1.83 bits per heavy atom. The Kier molecular flexibility index (Phi) is 3.77. The van der Waals surface area contributed by atoms with Crippen LogP contribution in [0.2, 0.25) is 0 Å². The Hall–Kier alpha value is -1.68. The molecule has 0 aliphatic carbocycles. The molecule has 2 rings (SSSR count). The highest BCUT2D eigenvalue weighted by Crippen LogP contribution is 2.22. The lowest BCUT2D eigenvalue weighted by molar-refractivity contribution is 0.102. The van der Waals surface area contributed by atoms with Gasteiger partial charge in [-0.3, -0.25) is 4.79 Å². The van der Waals surface area contributed by atoms with Gasteiger partial charge in [-0.05, 0) is 58.7 Å². The second-order valence-electron chi connectivity index (χ2n) is 3.90. The zero-order valence-corrected chi connectivity index (χ0v) is 11.3. The molecule has 1 amide bonds. The number of carbonyl (C=O) groups is 1. The smallest absolute Gasteiger partial charge is 0.256 e. The number of anilines is 1. The fraction of sp³-hybridized carbons (Fsp3) is 0.0714. The molecule has 0 radical (unpaired) electrons. The highest BCUT2D eigenvalue weighted by Gasteiger charge is 2.11. The summed E-state index contributed by atoms with van der Waals surface area (Å²) in [6, 6.07) is 11.1. The van der Waals surface area contributed by atoms with Gasteiger partial charge in [0.1, 0.15) is 5.82 Å². The van der Waals surface area contributed by atoms with Crippen molar-refractivity contribution in [2.45, 2.75) is 6.92 Å². The Balaban J connectivity index is 2.22. The van der Waals surface area contributed by atoms with Gasteiger partial charge < -0.3 is 5.32 Å². The predicted octanol–water partition coefficient (Wildman–Crippen LogP) is 4.15. The minimum Gasteiger partial charge on any atom is -0.322 e. The second-order valence-corrected chi connectivity index (χ2v) is 4.69. The topological polar surface area (TPSA) is 29.1 Å². The Morgan fingerprint density at radius 3 is 2.50 bits per heavy atom. The molecular formula is C14H11BrFNO. The molecule has 0 aromatic heterocycles. The number of hydrogen-bond donors (Lipinski definition) is 1. The Bertz CT molecular complexity index is 581. The van der Waals surface area contributed by atoms with E-state index in [4.69, 9.17) is 0 Å². The maximum absolute atomic E-state index is 12.7. The quantitative estimate of drug-likeness (QED) is 0.887. The number of carbonyl (C=O) groups excluding carboxylic acids is 1. The zero-order valence-electron chi connectivity index (χ0n) is 9.71. The van der Waals surface area contributed by atoms with Crippen LogP contribution in [-0.2, 0) is 0 Å². The first-order chi connectivity index (χ1) is 8.58. The molecule has 18 heavy (non-hydrogen) atoms. The van der Waals surface area contributed by atoms with Crippen LogP contribution in [0.25, 0.3) is 0 Å². The number of amides is 1. The molecule has 2 aromatic rings. The van der Waals surface area contributed by atoms with Gasteiger partial charge in [0.05, 0.1) is 5.56 Å². The Morgan fingerprint density at radius 1 is 1.17 bits per heavy atom. The fourth-order valence-electron chi connectivity index (χ4n) is 1.55. The van der Waals surface area contributed by atoms with Crippen LogP contribution in [-0.4, -0.2) is 5.91 Å². The summed E-state index contributed by atoms with van der Waals surface area (Å²) in [6.45, 7) is 1.92. The highest BCUT2D eigenvalue weighted by molar-refractivity contribution is 9.10. The van der Waals surface area contributed by atoms with Crippen LogP contribution in [0.3, 0.4) is 0 Å². The molecule has 2 nitrogen and oxygen atoms in total. The molecule has 0 atom stereocenters. The summed E-state index contributed by atoms with van der Waals surface area (Å²) in [4.78, 5) is 12.0. The van der Waals surface area contributed by atoms with E-state index in [1.54, 1.807) is 6.07 Å². The van der Waals surface area contributed by atoms with E-state index in [-0.39, 0.29) is 11.7 Å². The first kappa shape index (κ1) is 12.8. The average Bonchev–Trinajstić information content (AvgIpc) is 2.35. The standard InChI is InChI=1S/C14H11BrFNO/c1-9-3-2-4-12(13(9)15)14(18)17-11-7-5-10(16)6-8-11/h2-8H,1H3,(H,17,18). The van der Waals surface area contributed by atoms with Crippen molar-refractivity contribution >= 4 is 27.5 Å². The van der Waals surface area contributed by atoms with Crippen LogP contribution in [0, 0.1) is 12.7 Å². The van der Waals surface area contributed by atoms with Crippen molar-refractivity contribution in [3.63, 3.8) is 0 Å². The van der Waals surface area contributed by atoms with Gasteiger partial charge in [-0.25, -0.2) is 4.39 Å². The van der Waals surface area contributed by atoms with E-state index < -0.39 is 0 Å². The summed E-state index contributed by atoms with van der Waals surface area (Å²) >= 11 is 3.38. The van der Waals surface area contributed by atoms with E-state index >= 15 is 0 Å². The van der Waals surface area contributed by atoms with Gasteiger partial charge in [0.15, 0.2) is 0 Å². The summed E-state index contributed by atoms with van der Waals surface area (Å²) in [6.07, 6.45) is 0. The number of halogens is 2. The van der Waals surface area contributed by atoms with Crippen LogP contribution < -0.4 is 5.32 Å². The van der Waals surface area contributed by atoms with Gasteiger partial charge in [0, 0.05) is 10.2 Å². The van der Waals surface area contributed by atoms with Crippen LogP contribution in [0.4, 0.5) is 10.1 Å². The lowest BCUT2D eigenvalue weighted by Crippen LogP contribution is -2.12. The number of benzene rings is 2. The summed E-state index contributed by atoms with van der Waals surface area (Å²) in [5, 5.41) is 2.72. The molecule has 0 aliphatic heterocycles. The number of rotatable bonds is 2. The van der Waals surface area contributed by atoms with Crippen LogP contribution in [0.5, 0.6) is 0 Å². The summed E-state index contributed by atoms with van der Waals surface area (Å²) in [5.74, 6) is -0.554. The predicted molar refractivity (Wildman–Crippen MR) is 73.2 cm³/mol. The van der Waals surface area contributed by atoms with E-state index in [1.165, 1.54) is 24.3 Å². The van der Waals surface area contributed by atoms with Crippen LogP contribution in [0.15, 0.2) is 46.9 Å². The van der Waals surface area contributed by atoms with E-state index in [0.29, 0.717) is 11.3 Å². The fourth-order valence-corrected chi connectivity index (χ4v) is 2.00. The number of nitrogens with one attached hydrogen (secondary N) is 1. The van der Waals surface area contributed by atoms with Gasteiger partial charge >= 0.3 is 0 Å². The maximum atomic E-state index is 12.7. The lowest BCUT2D eigenvalue weighted by atomic mass is 10.1. The molecule has 0 unspecified atom stereocenters. The van der Waals surface area contributed by atoms with Gasteiger partial charge in [-0.1, -0.05) is 12.1 Å². The molecule has 0 saturated heterocycles. The van der Waals surface area contributed by atoms with Gasteiger partial charge in [0.25, 0.3) is 5.91 Å². The van der Waals surface area contributed by atoms with Crippen LogP contribution in [0.1, 0.15) is 15.9 Å². The third-order valence-electron chi connectivity index (χ3n) is 2.54. The number of hydrogen-bond acceptors (Lipinski definition) is 1. The Labute approximate surface area is 113 Å². The van der Waals surface area contributed by atoms with Crippen molar-refractivity contribution in [1.29, 1.82) is 0 Å². The molecule has 0 fully saturated rings. The lowest BCUT2D eigenvalue weighted by Gasteiger charge is -2.08. The third kappa shape index (κ3) is 2.76. The van der Waals surface area contributed by atoms with E-state index in [2.05, 4.69) is 21.2 Å². The van der Waals surface area contributed by atoms with E-state index in [1.807, 2.05) is 19.1 Å². The van der Waals surface area contributed by atoms with Crippen molar-refractivity contribution in [3.05, 3.63) is 63.9 Å². The molecule has 92 valence electrons. The van der Waals surface area contributed by atoms with Crippen molar-refractivity contribution in [2.24, 2.45) is 0 Å². The molecular weight excluding hydrogens is 297 g/mol. The van der Waals surface area contributed by atoms with Gasteiger partial charge in [-0.15, -0.1) is 0 Å². The molecule has 2 aromatic carbocycles. The first-order valence-corrected chi connectivity index (χ1v) is 6.19. The minimum absolute atomic E-state index is 0.225. The monoisotopic (exact) mass is 307 g/mol. The molecule has 0 bridgehead atoms. The average molecular weight is 308 g/mol. The molecule has 0 heterocycles. The second kappa shape index (κ2) is 5.31. The van der Waals surface area contributed by atoms with Gasteiger partial charge in [0.2, 0.25) is 0 Å². The largest absolute Gasteiger partial charge is 0.322 e. The van der Waals surface area contributed by atoms with Crippen molar-refractivity contribution in [3.8, 4) is 0 Å². The van der Waals surface area contributed by atoms with Crippen molar-refractivity contribution in [2.75, 3.05) is 5.32 Å². The van der Waals surface area contributed by atoms with Crippen molar-refractivity contribution < 1.29 is 9.18 Å².